The number of nitrogens with two attached hydrogens (primary N) is 1. The van der Waals surface area contributed by atoms with E-state index in [1.165, 1.54) is 11.3 Å². The van der Waals surface area contributed by atoms with Crippen molar-refractivity contribution in [2.45, 2.75) is 33.6 Å². The van der Waals surface area contributed by atoms with Gasteiger partial charge in [0, 0.05) is 33.6 Å². The van der Waals surface area contributed by atoms with Crippen molar-refractivity contribution in [3.8, 4) is 11.1 Å². The second-order valence-electron chi connectivity index (χ2n) is 8.53. The lowest BCUT2D eigenvalue weighted by Gasteiger charge is -2.11. The molecule has 35 heavy (non-hydrogen) atoms. The smallest absolute Gasteiger partial charge is 0.252 e. The maximum absolute atomic E-state index is 12.9. The van der Waals surface area contributed by atoms with Crippen LogP contribution in [0.15, 0.2) is 54.6 Å². The lowest BCUT2D eigenvalue weighted by molar-refractivity contribution is -0.116. The predicted molar refractivity (Wildman–Crippen MR) is 140 cm³/mol. The second-order valence-corrected chi connectivity index (χ2v) is 9.75. The summed E-state index contributed by atoms with van der Waals surface area (Å²) in [7, 11) is 0. The van der Waals surface area contributed by atoms with Crippen LogP contribution in [0.25, 0.3) is 27.7 Å². The lowest BCUT2D eigenvalue weighted by Crippen LogP contribution is -2.18. The Balaban J connectivity index is 1.40. The first-order chi connectivity index (χ1) is 16.8. The highest BCUT2D eigenvalue weighted by Crippen LogP contribution is 2.39. The summed E-state index contributed by atoms with van der Waals surface area (Å²) >= 11 is 1.37. The van der Waals surface area contributed by atoms with Crippen LogP contribution in [0.5, 0.6) is 0 Å². The van der Waals surface area contributed by atoms with Crippen LogP contribution >= 0.6 is 11.3 Å². The summed E-state index contributed by atoms with van der Waals surface area (Å²) in [6, 6.07) is 17.5. The number of hydrogen-bond donors (Lipinski definition) is 2. The number of primary amides is 1. The van der Waals surface area contributed by atoms with Crippen molar-refractivity contribution in [3.05, 3.63) is 82.0 Å². The summed E-state index contributed by atoms with van der Waals surface area (Å²) in [6.45, 7) is 5.89. The summed E-state index contributed by atoms with van der Waals surface area (Å²) in [6.07, 6.45) is 0.746. The number of carbonyl (C=O) groups excluding carboxylic acids is 2. The van der Waals surface area contributed by atoms with Gasteiger partial charge in [-0.2, -0.15) is 5.10 Å². The van der Waals surface area contributed by atoms with Crippen molar-refractivity contribution >= 4 is 44.7 Å². The molecule has 0 atom stereocenters. The fraction of sp³-hybridized carbons (Fsp3) is 0.185. The van der Waals surface area contributed by atoms with Gasteiger partial charge >= 0.3 is 0 Å². The number of nitrogens with zero attached hydrogens (tertiary/aromatic N) is 3. The first-order valence-corrected chi connectivity index (χ1v) is 12.2. The molecule has 3 heterocycles. The van der Waals surface area contributed by atoms with Gasteiger partial charge in [-0.15, -0.1) is 11.3 Å². The maximum atomic E-state index is 12.9. The van der Waals surface area contributed by atoms with E-state index in [1.807, 2.05) is 79.9 Å². The first-order valence-electron chi connectivity index (χ1n) is 11.4. The van der Waals surface area contributed by atoms with Gasteiger partial charge in [-0.3, -0.25) is 9.59 Å². The van der Waals surface area contributed by atoms with E-state index in [9.17, 15) is 9.59 Å². The van der Waals surface area contributed by atoms with Crippen LogP contribution in [0.1, 0.15) is 38.6 Å². The molecule has 5 aromatic rings. The van der Waals surface area contributed by atoms with Crippen molar-refractivity contribution in [2.24, 2.45) is 5.73 Å². The molecule has 5 rings (SSSR count). The summed E-state index contributed by atoms with van der Waals surface area (Å²) in [5.74, 6) is -0.742. The van der Waals surface area contributed by atoms with Gasteiger partial charge in [-0.1, -0.05) is 42.5 Å². The molecular formula is C27H25N5O2S. The topological polar surface area (TPSA) is 102 Å². The SMILES string of the molecule is Cc1nc2c3ccccc3nn2c(C)c1CCC(=O)Nc1sc(C)c(-c2ccccc2)c1C(N)=O. The second kappa shape index (κ2) is 8.96. The molecule has 0 fully saturated rings. The highest BCUT2D eigenvalue weighted by molar-refractivity contribution is 7.17. The molecule has 3 aromatic heterocycles. The maximum Gasteiger partial charge on any atom is 0.252 e. The molecule has 3 N–H and O–H groups in total. The summed E-state index contributed by atoms with van der Waals surface area (Å²) in [5, 5.41) is 9.10. The van der Waals surface area contributed by atoms with E-state index in [4.69, 9.17) is 10.7 Å². The highest BCUT2D eigenvalue weighted by atomic mass is 32.1. The van der Waals surface area contributed by atoms with Gasteiger partial charge in [-0.25, -0.2) is 9.50 Å². The number of fused-ring (bicyclic) bond motifs is 3. The normalized spacial score (nSPS) is 11.3. The fourth-order valence-corrected chi connectivity index (χ4v) is 5.68. The van der Waals surface area contributed by atoms with Crippen LogP contribution in [-0.4, -0.2) is 26.4 Å². The Morgan fingerprint density at radius 1 is 1.03 bits per heavy atom. The van der Waals surface area contributed by atoms with E-state index in [0.717, 1.165) is 49.5 Å². The zero-order valence-corrected chi connectivity index (χ0v) is 20.6. The molecule has 0 unspecified atom stereocenters. The minimum atomic E-state index is -0.560. The average molecular weight is 484 g/mol. The summed E-state index contributed by atoms with van der Waals surface area (Å²) in [5.41, 5.74) is 12.3. The minimum Gasteiger partial charge on any atom is -0.365 e. The Kier molecular flexibility index (Phi) is 5.82. The number of thiophene rings is 1. The van der Waals surface area contributed by atoms with Gasteiger partial charge in [-0.05, 0) is 50.5 Å². The molecule has 8 heteroatoms. The first kappa shape index (κ1) is 22.7. The molecule has 176 valence electrons. The number of amides is 2. The van der Waals surface area contributed by atoms with Crippen LogP contribution in [-0.2, 0) is 11.2 Å². The zero-order chi connectivity index (χ0) is 24.7. The molecule has 0 saturated carbocycles. The number of aryl methyl sites for hydroxylation is 3. The molecule has 0 spiro atoms. The van der Waals surface area contributed by atoms with Crippen molar-refractivity contribution in [2.75, 3.05) is 5.32 Å². The molecule has 0 aliphatic heterocycles. The van der Waals surface area contributed by atoms with E-state index in [0.29, 0.717) is 17.0 Å². The van der Waals surface area contributed by atoms with Crippen LogP contribution in [0, 0.1) is 20.8 Å². The summed E-state index contributed by atoms with van der Waals surface area (Å²) in [4.78, 5) is 31.0. The van der Waals surface area contributed by atoms with Crippen molar-refractivity contribution in [3.63, 3.8) is 0 Å². The van der Waals surface area contributed by atoms with E-state index in [-0.39, 0.29) is 12.3 Å². The third-order valence-corrected chi connectivity index (χ3v) is 7.29. The third kappa shape index (κ3) is 4.06. The number of rotatable bonds is 6. The number of carbonyl (C=O) groups is 2. The van der Waals surface area contributed by atoms with E-state index in [2.05, 4.69) is 10.4 Å². The van der Waals surface area contributed by atoms with Gasteiger partial charge in [0.05, 0.1) is 11.1 Å². The van der Waals surface area contributed by atoms with Crippen LogP contribution < -0.4 is 11.1 Å². The van der Waals surface area contributed by atoms with Crippen molar-refractivity contribution in [1.82, 2.24) is 14.6 Å². The Labute approximate surface area is 206 Å². The van der Waals surface area contributed by atoms with Crippen molar-refractivity contribution < 1.29 is 9.59 Å². The van der Waals surface area contributed by atoms with Gasteiger partial charge < -0.3 is 11.1 Å². The van der Waals surface area contributed by atoms with Crippen LogP contribution in [0.4, 0.5) is 5.00 Å². The molecule has 0 aliphatic rings. The number of hydrogen-bond acceptors (Lipinski definition) is 5. The molecule has 0 radical (unpaired) electrons. The Morgan fingerprint density at radius 3 is 2.49 bits per heavy atom. The standard InChI is InChI=1S/C27H25N5O2S/c1-15-19(16(2)32-26(29-15)20-11-7-8-12-21(20)31-32)13-14-22(33)30-27-24(25(28)34)23(17(3)35-27)18-9-5-4-6-10-18/h4-12H,13-14H2,1-3H3,(H2,28,34)(H,30,33). The van der Waals surface area contributed by atoms with E-state index >= 15 is 0 Å². The molecule has 0 bridgehead atoms. The van der Waals surface area contributed by atoms with Crippen LogP contribution in [0.3, 0.4) is 0 Å². The Bertz CT molecular complexity index is 1600. The van der Waals surface area contributed by atoms with E-state index < -0.39 is 5.91 Å². The number of nitrogens with one attached hydrogen (secondary N) is 1. The molecule has 2 aromatic carbocycles. The Hall–Kier alpha value is -4.04. The number of benzene rings is 2. The van der Waals surface area contributed by atoms with E-state index in [1.54, 1.807) is 0 Å². The van der Waals surface area contributed by atoms with Gasteiger partial charge in [0.1, 0.15) is 5.00 Å². The van der Waals surface area contributed by atoms with Crippen LogP contribution in [0.2, 0.25) is 0 Å². The quantitative estimate of drug-likeness (QED) is 0.346. The van der Waals surface area contributed by atoms with Gasteiger partial charge in [0.2, 0.25) is 5.91 Å². The predicted octanol–water partition coefficient (Wildman–Crippen LogP) is 5.21. The third-order valence-electron chi connectivity index (χ3n) is 6.27. The molecule has 7 nitrogen and oxygen atoms in total. The van der Waals surface area contributed by atoms with Gasteiger partial charge in [0.15, 0.2) is 5.65 Å². The largest absolute Gasteiger partial charge is 0.365 e. The molecular weight excluding hydrogens is 458 g/mol. The monoisotopic (exact) mass is 483 g/mol. The highest BCUT2D eigenvalue weighted by Gasteiger charge is 2.23. The van der Waals surface area contributed by atoms with Crippen molar-refractivity contribution in [1.29, 1.82) is 0 Å². The Morgan fingerprint density at radius 2 is 1.74 bits per heavy atom. The molecule has 2 amide bonds. The lowest BCUT2D eigenvalue weighted by atomic mass is 10.0. The summed E-state index contributed by atoms with van der Waals surface area (Å²) < 4.78 is 1.85. The fourth-order valence-electron chi connectivity index (χ4n) is 4.59. The molecule has 0 aliphatic carbocycles. The average Bonchev–Trinajstić information content (AvgIpc) is 3.37. The number of anilines is 1. The zero-order valence-electron chi connectivity index (χ0n) is 19.8. The number of aromatic nitrogens is 3. The molecule has 0 saturated heterocycles. The minimum absolute atomic E-state index is 0.183. The van der Waals surface area contributed by atoms with Gasteiger partial charge in [0.25, 0.3) is 5.91 Å².